The number of rotatable bonds is 6. The van der Waals surface area contributed by atoms with Crippen molar-refractivity contribution in [1.29, 1.82) is 0 Å². The van der Waals surface area contributed by atoms with Gasteiger partial charge in [0, 0.05) is 32.6 Å². The largest absolute Gasteiger partial charge is 0.454 e. The Morgan fingerprint density at radius 1 is 1.36 bits per heavy atom. The third-order valence-electron chi connectivity index (χ3n) is 4.72. The smallest absolute Gasteiger partial charge is 0.286 e. The van der Waals surface area contributed by atoms with Crippen molar-refractivity contribution in [1.82, 2.24) is 15.5 Å². The fraction of sp³-hybridized carbons (Fsp3) is 0.625. The molecule has 0 radical (unpaired) electrons. The fourth-order valence-corrected chi connectivity index (χ4v) is 3.54. The molecule has 1 saturated heterocycles. The summed E-state index contributed by atoms with van der Waals surface area (Å²) in [7, 11) is 1.55. The van der Waals surface area contributed by atoms with E-state index in [2.05, 4.69) is 15.5 Å². The van der Waals surface area contributed by atoms with Gasteiger partial charge in [-0.2, -0.15) is 0 Å². The number of likely N-dealkylation sites (tertiary alicyclic amines) is 1. The van der Waals surface area contributed by atoms with Crippen molar-refractivity contribution in [2.45, 2.75) is 38.3 Å². The third-order valence-corrected chi connectivity index (χ3v) is 4.72. The number of furan rings is 1. The van der Waals surface area contributed by atoms with E-state index in [1.165, 1.54) is 19.3 Å². The maximum Gasteiger partial charge on any atom is 0.286 e. The Bertz CT molecular complexity index is 555. The summed E-state index contributed by atoms with van der Waals surface area (Å²) in [4.78, 5) is 25.7. The van der Waals surface area contributed by atoms with Crippen molar-refractivity contribution in [3.05, 3.63) is 23.7 Å². The first kappa shape index (κ1) is 15.1. The molecule has 0 aromatic carbocycles. The Labute approximate surface area is 130 Å². The normalized spacial score (nSPS) is 23.7. The predicted molar refractivity (Wildman–Crippen MR) is 81.3 cm³/mol. The monoisotopic (exact) mass is 305 g/mol. The van der Waals surface area contributed by atoms with Crippen molar-refractivity contribution in [3.63, 3.8) is 0 Å². The SMILES string of the molecule is CNC(=O)c1ccc(CNC(=O)CCN2C[C@@H]3CC[C@H]2C3)o1. The second-order valence-corrected chi connectivity index (χ2v) is 6.20. The molecule has 2 atom stereocenters. The summed E-state index contributed by atoms with van der Waals surface area (Å²) in [6.07, 6.45) is 4.49. The van der Waals surface area contributed by atoms with Gasteiger partial charge in [0.2, 0.25) is 5.91 Å². The first-order chi connectivity index (χ1) is 10.7. The second kappa shape index (κ2) is 6.52. The molecule has 0 spiro atoms. The van der Waals surface area contributed by atoms with Gasteiger partial charge in [-0.15, -0.1) is 0 Å². The number of hydrogen-bond donors (Lipinski definition) is 2. The first-order valence-corrected chi connectivity index (χ1v) is 7.97. The number of nitrogens with zero attached hydrogens (tertiary/aromatic N) is 1. The van der Waals surface area contributed by atoms with Crippen LogP contribution in [0.1, 0.15) is 42.0 Å². The van der Waals surface area contributed by atoms with Crippen LogP contribution < -0.4 is 10.6 Å². The maximum absolute atomic E-state index is 11.9. The zero-order valence-electron chi connectivity index (χ0n) is 12.9. The lowest BCUT2D eigenvalue weighted by molar-refractivity contribution is -0.121. The minimum absolute atomic E-state index is 0.0284. The van der Waals surface area contributed by atoms with Gasteiger partial charge in [-0.1, -0.05) is 0 Å². The van der Waals surface area contributed by atoms with Crippen LogP contribution in [0.4, 0.5) is 0 Å². The van der Waals surface area contributed by atoms with Gasteiger partial charge in [-0.25, -0.2) is 0 Å². The molecule has 0 unspecified atom stereocenters. The van der Waals surface area contributed by atoms with E-state index in [1.54, 1.807) is 19.2 Å². The molecule has 6 nitrogen and oxygen atoms in total. The van der Waals surface area contributed by atoms with E-state index >= 15 is 0 Å². The Morgan fingerprint density at radius 2 is 2.23 bits per heavy atom. The molecular formula is C16H23N3O3. The van der Waals surface area contributed by atoms with E-state index in [1.807, 2.05) is 0 Å². The molecule has 1 saturated carbocycles. The first-order valence-electron chi connectivity index (χ1n) is 7.97. The number of carbonyl (C=O) groups is 2. The van der Waals surface area contributed by atoms with Crippen LogP contribution in [0, 0.1) is 5.92 Å². The van der Waals surface area contributed by atoms with Gasteiger partial charge in [-0.05, 0) is 37.3 Å². The van der Waals surface area contributed by atoms with Gasteiger partial charge < -0.3 is 15.1 Å². The highest BCUT2D eigenvalue weighted by atomic mass is 16.4. The molecular weight excluding hydrogens is 282 g/mol. The molecule has 3 rings (SSSR count). The molecule has 1 aliphatic heterocycles. The van der Waals surface area contributed by atoms with Crippen molar-refractivity contribution in [2.75, 3.05) is 20.1 Å². The third kappa shape index (κ3) is 3.32. The molecule has 22 heavy (non-hydrogen) atoms. The van der Waals surface area contributed by atoms with Crippen LogP contribution in [0.25, 0.3) is 0 Å². The van der Waals surface area contributed by atoms with Gasteiger partial charge in [0.25, 0.3) is 5.91 Å². The van der Waals surface area contributed by atoms with Crippen molar-refractivity contribution >= 4 is 11.8 Å². The molecule has 1 aliphatic carbocycles. The minimum atomic E-state index is -0.262. The molecule has 2 bridgehead atoms. The van der Waals surface area contributed by atoms with Crippen LogP contribution in [0.2, 0.25) is 0 Å². The molecule has 120 valence electrons. The Kier molecular flexibility index (Phi) is 4.47. The average Bonchev–Trinajstić information content (AvgIpc) is 3.25. The highest BCUT2D eigenvalue weighted by Gasteiger charge is 2.37. The molecule has 2 N–H and O–H groups in total. The molecule has 6 heteroatoms. The van der Waals surface area contributed by atoms with E-state index in [-0.39, 0.29) is 17.6 Å². The van der Waals surface area contributed by atoms with E-state index in [0.717, 1.165) is 19.0 Å². The number of nitrogens with one attached hydrogen (secondary N) is 2. The number of carbonyl (C=O) groups excluding carboxylic acids is 2. The summed E-state index contributed by atoms with van der Waals surface area (Å²) in [5, 5.41) is 5.34. The maximum atomic E-state index is 11.9. The van der Waals surface area contributed by atoms with Crippen LogP contribution in [0.3, 0.4) is 0 Å². The summed E-state index contributed by atoms with van der Waals surface area (Å²) in [5.74, 6) is 1.48. The lowest BCUT2D eigenvalue weighted by atomic mass is 10.1. The topological polar surface area (TPSA) is 74.6 Å². The lowest BCUT2D eigenvalue weighted by Gasteiger charge is -2.26. The van der Waals surface area contributed by atoms with Crippen LogP contribution in [-0.4, -0.2) is 42.9 Å². The second-order valence-electron chi connectivity index (χ2n) is 6.20. The van der Waals surface area contributed by atoms with Gasteiger partial charge in [-0.3, -0.25) is 14.5 Å². The van der Waals surface area contributed by atoms with Crippen LogP contribution in [0.5, 0.6) is 0 Å². The van der Waals surface area contributed by atoms with Crippen LogP contribution in [0.15, 0.2) is 16.5 Å². The van der Waals surface area contributed by atoms with E-state index in [0.29, 0.717) is 24.8 Å². The Morgan fingerprint density at radius 3 is 2.91 bits per heavy atom. The standard InChI is InChI=1S/C16H23N3O3/c1-17-16(21)14-5-4-13(22-14)9-18-15(20)6-7-19-10-11-2-3-12(19)8-11/h4-5,11-12H,2-3,6-10H2,1H3,(H,17,21)(H,18,20)/t11-,12+/m1/s1. The number of hydrogen-bond acceptors (Lipinski definition) is 4. The van der Waals surface area contributed by atoms with Gasteiger partial charge >= 0.3 is 0 Å². The van der Waals surface area contributed by atoms with Crippen LogP contribution >= 0.6 is 0 Å². The summed E-state index contributed by atoms with van der Waals surface area (Å²) in [6, 6.07) is 4.03. The number of amides is 2. The molecule has 2 aliphatic rings. The highest BCUT2D eigenvalue weighted by molar-refractivity contribution is 5.91. The summed E-state index contributed by atoms with van der Waals surface area (Å²) < 4.78 is 5.37. The quantitative estimate of drug-likeness (QED) is 0.826. The lowest BCUT2D eigenvalue weighted by Crippen LogP contribution is -2.35. The Balaban J connectivity index is 1.39. The van der Waals surface area contributed by atoms with Crippen LogP contribution in [-0.2, 0) is 11.3 Å². The summed E-state index contributed by atoms with van der Waals surface area (Å²) >= 11 is 0. The average molecular weight is 305 g/mol. The van der Waals surface area contributed by atoms with Crippen molar-refractivity contribution in [3.8, 4) is 0 Å². The molecule has 2 heterocycles. The Hall–Kier alpha value is -1.82. The van der Waals surface area contributed by atoms with Crippen molar-refractivity contribution in [2.24, 2.45) is 5.92 Å². The predicted octanol–water partition coefficient (Wildman–Crippen LogP) is 1.13. The van der Waals surface area contributed by atoms with Gasteiger partial charge in [0.15, 0.2) is 5.76 Å². The fourth-order valence-electron chi connectivity index (χ4n) is 3.54. The van der Waals surface area contributed by atoms with E-state index < -0.39 is 0 Å². The molecule has 1 aromatic rings. The zero-order chi connectivity index (χ0) is 15.5. The number of fused-ring (bicyclic) bond motifs is 2. The van der Waals surface area contributed by atoms with Gasteiger partial charge in [0.05, 0.1) is 6.54 Å². The number of piperidine rings is 1. The van der Waals surface area contributed by atoms with Crippen molar-refractivity contribution < 1.29 is 14.0 Å². The zero-order valence-corrected chi connectivity index (χ0v) is 12.9. The van der Waals surface area contributed by atoms with E-state index in [9.17, 15) is 9.59 Å². The molecule has 2 amide bonds. The summed E-state index contributed by atoms with van der Waals surface area (Å²) in [6.45, 7) is 2.32. The summed E-state index contributed by atoms with van der Waals surface area (Å²) in [5.41, 5.74) is 0. The molecule has 2 fully saturated rings. The van der Waals surface area contributed by atoms with E-state index in [4.69, 9.17) is 4.42 Å². The molecule has 1 aromatic heterocycles. The van der Waals surface area contributed by atoms with Gasteiger partial charge in [0.1, 0.15) is 5.76 Å². The highest BCUT2D eigenvalue weighted by Crippen LogP contribution is 2.37. The minimum Gasteiger partial charge on any atom is -0.454 e.